The minimum absolute atomic E-state index is 0.120. The minimum Gasteiger partial charge on any atom is -0.497 e. The quantitative estimate of drug-likeness (QED) is 0.345. The van der Waals surface area contributed by atoms with E-state index in [4.69, 9.17) is 13.9 Å². The molecule has 35 heavy (non-hydrogen) atoms. The van der Waals surface area contributed by atoms with Crippen molar-refractivity contribution in [2.45, 2.75) is 50.7 Å². The van der Waals surface area contributed by atoms with Crippen LogP contribution < -0.4 is 10.1 Å². The maximum absolute atomic E-state index is 13.7. The second-order valence-electron chi connectivity index (χ2n) is 9.81. The van der Waals surface area contributed by atoms with Crippen molar-refractivity contribution in [3.8, 4) is 5.75 Å². The van der Waals surface area contributed by atoms with Crippen LogP contribution in [0.5, 0.6) is 5.75 Å². The van der Waals surface area contributed by atoms with E-state index < -0.39 is 6.04 Å². The number of nitrogens with one attached hydrogen (secondary N) is 1. The summed E-state index contributed by atoms with van der Waals surface area (Å²) in [7, 11) is 1.62. The van der Waals surface area contributed by atoms with Gasteiger partial charge in [-0.25, -0.2) is 4.39 Å². The van der Waals surface area contributed by atoms with Crippen LogP contribution in [0.1, 0.15) is 66.8 Å². The number of carbonyl (C=O) groups is 1. The Morgan fingerprint density at radius 2 is 1.83 bits per heavy atom. The van der Waals surface area contributed by atoms with Gasteiger partial charge in [-0.05, 0) is 99.0 Å². The summed E-state index contributed by atoms with van der Waals surface area (Å²) in [4.78, 5) is 13.3. The summed E-state index contributed by atoms with van der Waals surface area (Å²) in [5.41, 5.74) is 1.78. The lowest BCUT2D eigenvalue weighted by molar-refractivity contribution is -0.0772. The molecule has 0 spiro atoms. The monoisotopic (exact) mass is 479 g/mol. The van der Waals surface area contributed by atoms with E-state index in [1.165, 1.54) is 18.4 Å². The summed E-state index contributed by atoms with van der Waals surface area (Å²) < 4.78 is 30.3. The maximum atomic E-state index is 13.7. The third-order valence-electron chi connectivity index (χ3n) is 6.88. The van der Waals surface area contributed by atoms with Crippen LogP contribution >= 0.6 is 0 Å². The van der Waals surface area contributed by atoms with E-state index in [9.17, 15) is 9.18 Å². The zero-order valence-corrected chi connectivity index (χ0v) is 20.6. The predicted octanol–water partition coefficient (Wildman–Crippen LogP) is 6.32. The summed E-state index contributed by atoms with van der Waals surface area (Å²) in [6.07, 6.45) is 4.21. The molecular formula is C29H34FNO4. The molecule has 2 aromatic carbocycles. The van der Waals surface area contributed by atoms with Gasteiger partial charge in [0.05, 0.1) is 25.0 Å². The second kappa shape index (κ2) is 11.2. The standard InChI is InChI=1S/C29H34FNO4/c1-29(2)19-22(15-18-35-29)25(20-6-10-23(30)11-7-20)14-16-31-27(28(32)26-5-4-17-34-26)21-8-12-24(33-3)13-9-21/h4-13,17,22,25,27,31H,14-16,18-19H2,1-3H3/t22-,25-,27+/m1/s1. The van der Waals surface area contributed by atoms with Crippen molar-refractivity contribution in [1.29, 1.82) is 0 Å². The van der Waals surface area contributed by atoms with Crippen LogP contribution in [-0.2, 0) is 4.74 Å². The largest absolute Gasteiger partial charge is 0.497 e. The number of rotatable bonds is 10. The topological polar surface area (TPSA) is 60.7 Å². The highest BCUT2D eigenvalue weighted by Gasteiger charge is 2.34. The Kier molecular flexibility index (Phi) is 8.04. The average molecular weight is 480 g/mol. The number of benzene rings is 2. The minimum atomic E-state index is -0.549. The van der Waals surface area contributed by atoms with Gasteiger partial charge >= 0.3 is 0 Å². The number of Topliss-reactive ketones (excluding diaryl/α,β-unsaturated/α-hetero) is 1. The Labute approximate surface area is 206 Å². The van der Waals surface area contributed by atoms with Gasteiger partial charge < -0.3 is 19.2 Å². The lowest BCUT2D eigenvalue weighted by Gasteiger charge is -2.39. The molecule has 1 aliphatic heterocycles. The smallest absolute Gasteiger partial charge is 0.219 e. The van der Waals surface area contributed by atoms with Crippen LogP contribution in [0, 0.1) is 11.7 Å². The molecule has 0 saturated carbocycles. The van der Waals surface area contributed by atoms with Gasteiger partial charge in [-0.15, -0.1) is 0 Å². The SMILES string of the molecule is COc1ccc([C@H](NCC[C@H](c2ccc(F)cc2)[C@@H]2CCOC(C)(C)C2)C(=O)c2ccco2)cc1. The molecule has 3 aromatic rings. The molecule has 4 rings (SSSR count). The lowest BCUT2D eigenvalue weighted by Crippen LogP contribution is -2.37. The number of ether oxygens (including phenoxy) is 2. The van der Waals surface area contributed by atoms with E-state index >= 15 is 0 Å². The highest BCUT2D eigenvalue weighted by atomic mass is 19.1. The first-order chi connectivity index (χ1) is 16.9. The van der Waals surface area contributed by atoms with Crippen molar-refractivity contribution < 1.29 is 23.1 Å². The molecule has 2 heterocycles. The molecule has 0 radical (unpaired) electrons. The van der Waals surface area contributed by atoms with Crippen LogP contribution in [0.4, 0.5) is 4.39 Å². The first-order valence-electron chi connectivity index (χ1n) is 12.2. The molecule has 1 aliphatic rings. The van der Waals surface area contributed by atoms with Crippen molar-refractivity contribution in [2.75, 3.05) is 20.3 Å². The summed E-state index contributed by atoms with van der Waals surface area (Å²) in [5, 5.41) is 3.48. The van der Waals surface area contributed by atoms with Crippen molar-refractivity contribution in [2.24, 2.45) is 5.92 Å². The lowest BCUT2D eigenvalue weighted by atomic mass is 9.75. The first-order valence-corrected chi connectivity index (χ1v) is 12.2. The van der Waals surface area contributed by atoms with Gasteiger partial charge in [0.15, 0.2) is 5.76 Å². The van der Waals surface area contributed by atoms with E-state index in [-0.39, 0.29) is 23.1 Å². The number of halogens is 1. The highest BCUT2D eigenvalue weighted by Crippen LogP contribution is 2.40. The van der Waals surface area contributed by atoms with Gasteiger partial charge in [-0.3, -0.25) is 4.79 Å². The van der Waals surface area contributed by atoms with Crippen molar-refractivity contribution in [3.05, 3.63) is 89.6 Å². The van der Waals surface area contributed by atoms with Crippen LogP contribution in [0.25, 0.3) is 0 Å². The van der Waals surface area contributed by atoms with Crippen LogP contribution in [0.3, 0.4) is 0 Å². The molecule has 1 N–H and O–H groups in total. The van der Waals surface area contributed by atoms with Crippen LogP contribution in [0.15, 0.2) is 71.3 Å². The third-order valence-corrected chi connectivity index (χ3v) is 6.88. The summed E-state index contributed by atoms with van der Waals surface area (Å²) >= 11 is 0. The van der Waals surface area contributed by atoms with E-state index in [1.807, 2.05) is 36.4 Å². The number of furan rings is 1. The van der Waals surface area contributed by atoms with E-state index in [1.54, 1.807) is 19.2 Å². The number of methoxy groups -OCH3 is 1. The number of ketones is 1. The maximum Gasteiger partial charge on any atom is 0.219 e. The summed E-state index contributed by atoms with van der Waals surface area (Å²) in [5.74, 6) is 1.33. The highest BCUT2D eigenvalue weighted by molar-refractivity contribution is 5.98. The van der Waals surface area contributed by atoms with E-state index in [0.29, 0.717) is 24.8 Å². The Hall–Kier alpha value is -2.96. The van der Waals surface area contributed by atoms with E-state index in [0.717, 1.165) is 36.1 Å². The van der Waals surface area contributed by atoms with E-state index in [2.05, 4.69) is 19.2 Å². The van der Waals surface area contributed by atoms with Gasteiger partial charge in [0, 0.05) is 6.61 Å². The van der Waals surface area contributed by atoms with Gasteiger partial charge in [-0.2, -0.15) is 0 Å². The average Bonchev–Trinajstić information content (AvgIpc) is 3.39. The molecule has 6 heteroatoms. The zero-order valence-electron chi connectivity index (χ0n) is 20.6. The summed E-state index contributed by atoms with van der Waals surface area (Å²) in [6, 6.07) is 17.2. The Bertz CT molecular complexity index is 1080. The molecular weight excluding hydrogens is 445 g/mol. The molecule has 0 bridgehead atoms. The molecule has 186 valence electrons. The molecule has 1 aromatic heterocycles. The molecule has 1 saturated heterocycles. The molecule has 0 aliphatic carbocycles. The van der Waals surface area contributed by atoms with Gasteiger partial charge in [0.2, 0.25) is 5.78 Å². The molecule has 0 amide bonds. The van der Waals surface area contributed by atoms with Gasteiger partial charge in [-0.1, -0.05) is 24.3 Å². The fourth-order valence-corrected chi connectivity index (χ4v) is 5.11. The summed E-state index contributed by atoms with van der Waals surface area (Å²) in [6.45, 7) is 5.58. The Balaban J connectivity index is 1.53. The number of hydrogen-bond donors (Lipinski definition) is 1. The first kappa shape index (κ1) is 25.1. The molecule has 3 atom stereocenters. The number of hydrogen-bond acceptors (Lipinski definition) is 5. The second-order valence-corrected chi connectivity index (χ2v) is 9.81. The van der Waals surface area contributed by atoms with Gasteiger partial charge in [0.1, 0.15) is 11.6 Å². The van der Waals surface area contributed by atoms with Crippen LogP contribution in [0.2, 0.25) is 0 Å². The molecule has 5 nitrogen and oxygen atoms in total. The normalized spacial score (nSPS) is 19.1. The fraction of sp³-hybridized carbons (Fsp3) is 0.414. The zero-order chi connectivity index (χ0) is 24.8. The molecule has 0 unspecified atom stereocenters. The Morgan fingerprint density at radius 3 is 2.46 bits per heavy atom. The van der Waals surface area contributed by atoms with Crippen LogP contribution in [-0.4, -0.2) is 31.6 Å². The Morgan fingerprint density at radius 1 is 1.11 bits per heavy atom. The van der Waals surface area contributed by atoms with Crippen molar-refractivity contribution in [3.63, 3.8) is 0 Å². The van der Waals surface area contributed by atoms with Crippen molar-refractivity contribution in [1.82, 2.24) is 5.32 Å². The fourth-order valence-electron chi connectivity index (χ4n) is 5.11. The molecule has 1 fully saturated rings. The third kappa shape index (κ3) is 6.38. The number of carbonyl (C=O) groups excluding carboxylic acids is 1. The predicted molar refractivity (Wildman–Crippen MR) is 133 cm³/mol. The van der Waals surface area contributed by atoms with Gasteiger partial charge in [0.25, 0.3) is 0 Å². The van der Waals surface area contributed by atoms with Crippen molar-refractivity contribution >= 4 is 5.78 Å².